The number of hydrogen-bond acceptors (Lipinski definition) is 4. The molecule has 0 aromatic heterocycles. The van der Waals surface area contributed by atoms with Crippen molar-refractivity contribution in [3.63, 3.8) is 0 Å². The highest BCUT2D eigenvalue weighted by atomic mass is 16.4. The summed E-state index contributed by atoms with van der Waals surface area (Å²) >= 11 is 0. The van der Waals surface area contributed by atoms with E-state index in [-0.39, 0.29) is 18.2 Å². The van der Waals surface area contributed by atoms with Crippen LogP contribution in [0.5, 0.6) is 0 Å². The smallest absolute Gasteiger partial charge is 0.330 e. The largest absolute Gasteiger partial charge is 0.479 e. The minimum Gasteiger partial charge on any atom is -0.479 e. The van der Waals surface area contributed by atoms with Gasteiger partial charge in [-0.15, -0.1) is 0 Å². The zero-order valence-corrected chi connectivity index (χ0v) is 16.2. The van der Waals surface area contributed by atoms with Gasteiger partial charge >= 0.3 is 5.97 Å². The summed E-state index contributed by atoms with van der Waals surface area (Å²) in [6, 6.07) is 10.8. The van der Waals surface area contributed by atoms with E-state index in [4.69, 9.17) is 0 Å². The van der Waals surface area contributed by atoms with Gasteiger partial charge in [-0.05, 0) is 54.7 Å². The molecule has 7 nitrogen and oxygen atoms in total. The Morgan fingerprint density at radius 1 is 1.14 bits per heavy atom. The fourth-order valence-corrected chi connectivity index (χ4v) is 3.42. The highest BCUT2D eigenvalue weighted by Crippen LogP contribution is 2.22. The van der Waals surface area contributed by atoms with E-state index >= 15 is 0 Å². The summed E-state index contributed by atoms with van der Waals surface area (Å²) in [6.07, 6.45) is 0.566. The maximum Gasteiger partial charge on any atom is 0.330 e. The van der Waals surface area contributed by atoms with Gasteiger partial charge in [0.1, 0.15) is 0 Å². The van der Waals surface area contributed by atoms with E-state index in [1.54, 1.807) is 36.4 Å². The number of rotatable bonds is 6. The molecule has 1 saturated heterocycles. The van der Waals surface area contributed by atoms with Crippen molar-refractivity contribution in [2.24, 2.45) is 5.92 Å². The topological polar surface area (TPSA) is 113 Å². The van der Waals surface area contributed by atoms with Crippen LogP contribution >= 0.6 is 0 Å². The highest BCUT2D eigenvalue weighted by Gasteiger charge is 2.30. The van der Waals surface area contributed by atoms with E-state index in [1.807, 2.05) is 19.9 Å². The minimum atomic E-state index is -1.16. The molecule has 2 aromatic carbocycles. The number of imide groups is 1. The van der Waals surface area contributed by atoms with Crippen LogP contribution in [-0.4, -0.2) is 28.8 Å². The number of carbonyl (C=O) groups is 4. The number of aryl methyl sites for hydroxylation is 1. The zero-order valence-electron chi connectivity index (χ0n) is 16.2. The highest BCUT2D eigenvalue weighted by molar-refractivity contribution is 6.03. The number of aliphatic carboxylic acids is 1. The number of carboxylic acid groups (broad SMARTS) is 1. The van der Waals surface area contributed by atoms with Crippen molar-refractivity contribution in [2.45, 2.75) is 32.7 Å². The lowest BCUT2D eigenvalue weighted by Crippen LogP contribution is -2.34. The molecule has 1 aliphatic heterocycles. The van der Waals surface area contributed by atoms with Gasteiger partial charge in [-0.1, -0.05) is 30.3 Å². The van der Waals surface area contributed by atoms with Crippen molar-refractivity contribution < 1.29 is 24.3 Å². The molecule has 2 aromatic rings. The predicted molar refractivity (Wildman–Crippen MR) is 105 cm³/mol. The van der Waals surface area contributed by atoms with Gasteiger partial charge in [-0.2, -0.15) is 0 Å². The van der Waals surface area contributed by atoms with Gasteiger partial charge in [-0.25, -0.2) is 4.79 Å². The SMILES string of the molecule is Cc1cccc(C(NC(=O)c2ccc(CC3CC(=O)NC3=O)cc2)C(=O)O)c1C. The van der Waals surface area contributed by atoms with Crippen molar-refractivity contribution in [3.8, 4) is 0 Å². The number of carbonyl (C=O) groups excluding carboxylic acids is 3. The van der Waals surface area contributed by atoms with Crippen LogP contribution < -0.4 is 10.6 Å². The Morgan fingerprint density at radius 3 is 2.41 bits per heavy atom. The Balaban J connectivity index is 1.72. The second-order valence-electron chi connectivity index (χ2n) is 7.25. The molecule has 2 unspecified atom stereocenters. The molecule has 0 saturated carbocycles. The van der Waals surface area contributed by atoms with Crippen molar-refractivity contribution in [1.29, 1.82) is 0 Å². The minimum absolute atomic E-state index is 0.164. The Hall–Kier alpha value is -3.48. The molecular weight excluding hydrogens is 372 g/mol. The molecule has 7 heteroatoms. The fraction of sp³-hybridized carbons (Fsp3) is 0.273. The van der Waals surface area contributed by atoms with E-state index in [0.29, 0.717) is 17.5 Å². The summed E-state index contributed by atoms with van der Waals surface area (Å²) in [6.45, 7) is 3.71. The summed E-state index contributed by atoms with van der Waals surface area (Å²) in [4.78, 5) is 47.3. The van der Waals surface area contributed by atoms with Gasteiger partial charge in [0.2, 0.25) is 11.8 Å². The summed E-state index contributed by atoms with van der Waals surface area (Å²) in [7, 11) is 0. The molecule has 2 atom stereocenters. The molecule has 3 rings (SSSR count). The van der Waals surface area contributed by atoms with Gasteiger partial charge in [0.15, 0.2) is 6.04 Å². The van der Waals surface area contributed by atoms with E-state index < -0.39 is 23.8 Å². The first kappa shape index (κ1) is 20.3. The average Bonchev–Trinajstić information content (AvgIpc) is 2.99. The number of benzene rings is 2. The van der Waals surface area contributed by atoms with Crippen molar-refractivity contribution in [1.82, 2.24) is 10.6 Å². The molecular formula is C22H22N2O5. The van der Waals surface area contributed by atoms with Crippen molar-refractivity contribution >= 4 is 23.7 Å². The quantitative estimate of drug-likeness (QED) is 0.649. The standard InChI is InChI=1S/C22H22N2O5/c1-12-4-3-5-17(13(12)2)19(22(28)29)24-20(26)15-8-6-14(7-9-15)10-16-11-18(25)23-21(16)27/h3-9,16,19H,10-11H2,1-2H3,(H,24,26)(H,28,29)(H,23,25,27). The number of carboxylic acids is 1. The predicted octanol–water partition coefficient (Wildman–Crippen LogP) is 2.06. The fourth-order valence-electron chi connectivity index (χ4n) is 3.42. The lowest BCUT2D eigenvalue weighted by atomic mass is 9.96. The van der Waals surface area contributed by atoms with E-state index in [0.717, 1.165) is 16.7 Å². The Morgan fingerprint density at radius 2 is 1.83 bits per heavy atom. The molecule has 1 fully saturated rings. The van der Waals surface area contributed by atoms with Crippen LogP contribution in [0.25, 0.3) is 0 Å². The number of amides is 3. The first-order valence-corrected chi connectivity index (χ1v) is 9.28. The molecule has 29 heavy (non-hydrogen) atoms. The van der Waals surface area contributed by atoms with Crippen molar-refractivity contribution in [2.75, 3.05) is 0 Å². The van der Waals surface area contributed by atoms with Crippen LogP contribution in [0.3, 0.4) is 0 Å². The molecule has 150 valence electrons. The maximum atomic E-state index is 12.6. The summed E-state index contributed by atoms with van der Waals surface area (Å²) < 4.78 is 0. The second-order valence-corrected chi connectivity index (χ2v) is 7.25. The Bertz CT molecular complexity index is 981. The van der Waals surface area contributed by atoms with Crippen LogP contribution in [0.15, 0.2) is 42.5 Å². The molecule has 0 aliphatic carbocycles. The van der Waals surface area contributed by atoms with Gasteiger partial charge < -0.3 is 10.4 Å². The van der Waals surface area contributed by atoms with Crippen LogP contribution in [0.4, 0.5) is 0 Å². The third kappa shape index (κ3) is 4.51. The molecule has 1 heterocycles. The molecule has 0 bridgehead atoms. The van der Waals surface area contributed by atoms with Crippen LogP contribution in [0.2, 0.25) is 0 Å². The van der Waals surface area contributed by atoms with E-state index in [9.17, 15) is 24.3 Å². The van der Waals surface area contributed by atoms with E-state index in [2.05, 4.69) is 10.6 Å². The third-order valence-electron chi connectivity index (χ3n) is 5.24. The van der Waals surface area contributed by atoms with Gasteiger partial charge in [-0.3, -0.25) is 19.7 Å². The van der Waals surface area contributed by atoms with Crippen molar-refractivity contribution in [3.05, 3.63) is 70.3 Å². The maximum absolute atomic E-state index is 12.6. The number of nitrogens with one attached hydrogen (secondary N) is 2. The van der Waals surface area contributed by atoms with Gasteiger partial charge in [0, 0.05) is 12.0 Å². The molecule has 0 spiro atoms. The van der Waals surface area contributed by atoms with E-state index in [1.165, 1.54) is 0 Å². The van der Waals surface area contributed by atoms with Gasteiger partial charge in [0.25, 0.3) is 5.91 Å². The molecule has 3 N–H and O–H groups in total. The average molecular weight is 394 g/mol. The summed E-state index contributed by atoms with van der Waals surface area (Å²) in [5.74, 6) is -2.60. The lowest BCUT2D eigenvalue weighted by molar-refractivity contribution is -0.139. The molecule has 3 amide bonds. The zero-order chi connectivity index (χ0) is 21.1. The van der Waals surface area contributed by atoms with Gasteiger partial charge in [0.05, 0.1) is 5.92 Å². The van der Waals surface area contributed by atoms with Crippen LogP contribution in [0, 0.1) is 19.8 Å². The normalized spacial score (nSPS) is 17.0. The molecule has 0 radical (unpaired) electrons. The third-order valence-corrected chi connectivity index (χ3v) is 5.24. The van der Waals surface area contributed by atoms with Crippen LogP contribution in [-0.2, 0) is 20.8 Å². The number of hydrogen-bond donors (Lipinski definition) is 3. The monoisotopic (exact) mass is 394 g/mol. The lowest BCUT2D eigenvalue weighted by Gasteiger charge is -2.18. The summed E-state index contributed by atoms with van der Waals surface area (Å²) in [5, 5.41) is 14.5. The molecule has 1 aliphatic rings. The Labute approximate surface area is 168 Å². The summed E-state index contributed by atoms with van der Waals surface area (Å²) in [5.41, 5.74) is 3.44. The first-order valence-electron chi connectivity index (χ1n) is 9.28. The van der Waals surface area contributed by atoms with Crippen LogP contribution in [0.1, 0.15) is 45.1 Å². The second kappa shape index (κ2) is 8.26. The Kier molecular flexibility index (Phi) is 5.77. The first-order chi connectivity index (χ1) is 13.8.